The molecular weight excluding hydrogens is 262 g/mol. The van der Waals surface area contributed by atoms with Crippen molar-refractivity contribution < 1.29 is 13.9 Å². The molecule has 20 heavy (non-hydrogen) atoms. The first-order valence-electron chi connectivity index (χ1n) is 6.63. The lowest BCUT2D eigenvalue weighted by molar-refractivity contribution is 0.172. The molecule has 1 aromatic heterocycles. The summed E-state index contributed by atoms with van der Waals surface area (Å²) in [6.45, 7) is 2.02. The second-order valence-corrected chi connectivity index (χ2v) is 4.91. The van der Waals surface area contributed by atoms with Crippen molar-refractivity contribution in [1.82, 2.24) is 9.78 Å². The van der Waals surface area contributed by atoms with Crippen molar-refractivity contribution in [1.29, 1.82) is 0 Å². The van der Waals surface area contributed by atoms with Crippen LogP contribution in [-0.2, 0) is 26.3 Å². The molecule has 0 aliphatic heterocycles. The SMILES string of the molecule is CCc1cc(CC(O)Cc2ccc(F)c(F)c2)n(C)n1. The van der Waals surface area contributed by atoms with Crippen molar-refractivity contribution in [2.45, 2.75) is 32.3 Å². The van der Waals surface area contributed by atoms with E-state index < -0.39 is 17.7 Å². The number of aliphatic hydroxyl groups is 1. The maximum Gasteiger partial charge on any atom is 0.159 e. The van der Waals surface area contributed by atoms with Crippen molar-refractivity contribution in [2.75, 3.05) is 0 Å². The van der Waals surface area contributed by atoms with Gasteiger partial charge in [-0.05, 0) is 36.6 Å². The maximum atomic E-state index is 13.1. The molecule has 5 heteroatoms. The third-order valence-corrected chi connectivity index (χ3v) is 3.29. The summed E-state index contributed by atoms with van der Waals surface area (Å²) in [6, 6.07) is 5.65. The molecule has 0 fully saturated rings. The molecular formula is C15H18F2N2O. The number of aromatic nitrogens is 2. The smallest absolute Gasteiger partial charge is 0.159 e. The molecule has 1 N–H and O–H groups in total. The highest BCUT2D eigenvalue weighted by Gasteiger charge is 2.12. The van der Waals surface area contributed by atoms with Crippen molar-refractivity contribution in [3.8, 4) is 0 Å². The molecule has 0 saturated carbocycles. The van der Waals surface area contributed by atoms with Gasteiger partial charge in [0.15, 0.2) is 11.6 Å². The monoisotopic (exact) mass is 280 g/mol. The van der Waals surface area contributed by atoms with E-state index in [9.17, 15) is 13.9 Å². The number of rotatable bonds is 5. The van der Waals surface area contributed by atoms with E-state index in [1.54, 1.807) is 4.68 Å². The molecule has 2 rings (SSSR count). The van der Waals surface area contributed by atoms with Gasteiger partial charge in [-0.25, -0.2) is 8.78 Å². The molecule has 0 bridgehead atoms. The van der Waals surface area contributed by atoms with Crippen LogP contribution in [0, 0.1) is 11.6 Å². The number of hydrogen-bond donors (Lipinski definition) is 1. The Morgan fingerprint density at radius 2 is 1.95 bits per heavy atom. The molecule has 108 valence electrons. The second-order valence-electron chi connectivity index (χ2n) is 4.91. The number of aryl methyl sites for hydroxylation is 2. The van der Waals surface area contributed by atoms with Gasteiger partial charge in [0.25, 0.3) is 0 Å². The van der Waals surface area contributed by atoms with Crippen LogP contribution in [0.15, 0.2) is 24.3 Å². The third kappa shape index (κ3) is 3.42. The van der Waals surface area contributed by atoms with E-state index in [2.05, 4.69) is 5.10 Å². The normalized spacial score (nSPS) is 12.7. The topological polar surface area (TPSA) is 38.0 Å². The molecule has 2 aromatic rings. The summed E-state index contributed by atoms with van der Waals surface area (Å²) in [5.41, 5.74) is 2.48. The largest absolute Gasteiger partial charge is 0.392 e. The average molecular weight is 280 g/mol. The molecule has 0 radical (unpaired) electrons. The van der Waals surface area contributed by atoms with E-state index in [0.29, 0.717) is 12.0 Å². The van der Waals surface area contributed by atoms with Crippen LogP contribution in [0.2, 0.25) is 0 Å². The minimum Gasteiger partial charge on any atom is -0.392 e. The average Bonchev–Trinajstić information content (AvgIpc) is 2.74. The van der Waals surface area contributed by atoms with Crippen LogP contribution in [0.25, 0.3) is 0 Å². The van der Waals surface area contributed by atoms with Crippen molar-refractivity contribution >= 4 is 0 Å². The van der Waals surface area contributed by atoms with Crippen LogP contribution in [0.3, 0.4) is 0 Å². The zero-order valence-corrected chi connectivity index (χ0v) is 11.6. The van der Waals surface area contributed by atoms with Gasteiger partial charge in [0.05, 0.1) is 11.8 Å². The number of aliphatic hydroxyl groups excluding tert-OH is 1. The number of nitrogens with zero attached hydrogens (tertiary/aromatic N) is 2. The second kappa shape index (κ2) is 6.13. The van der Waals surface area contributed by atoms with E-state index in [0.717, 1.165) is 29.9 Å². The first-order chi connectivity index (χ1) is 9.49. The first kappa shape index (κ1) is 14.7. The fourth-order valence-corrected chi connectivity index (χ4v) is 2.19. The molecule has 1 atom stereocenters. The third-order valence-electron chi connectivity index (χ3n) is 3.29. The first-order valence-corrected chi connectivity index (χ1v) is 6.63. The highest BCUT2D eigenvalue weighted by molar-refractivity contribution is 5.19. The van der Waals surface area contributed by atoms with Crippen molar-refractivity contribution in [3.63, 3.8) is 0 Å². The summed E-state index contributed by atoms with van der Waals surface area (Å²) in [6.07, 6.45) is 0.902. The van der Waals surface area contributed by atoms with Crippen LogP contribution in [0.4, 0.5) is 8.78 Å². The highest BCUT2D eigenvalue weighted by atomic mass is 19.2. The molecule has 0 aliphatic carbocycles. The van der Waals surface area contributed by atoms with Crippen LogP contribution in [0.5, 0.6) is 0 Å². The molecule has 0 saturated heterocycles. The summed E-state index contributed by atoms with van der Waals surface area (Å²) in [5.74, 6) is -1.76. The van der Waals surface area contributed by atoms with Crippen LogP contribution < -0.4 is 0 Å². The minimum atomic E-state index is -0.886. The molecule has 0 aliphatic rings. The molecule has 0 amide bonds. The van der Waals surface area contributed by atoms with Gasteiger partial charge in [0.1, 0.15) is 0 Å². The Morgan fingerprint density at radius 1 is 1.20 bits per heavy atom. The standard InChI is InChI=1S/C15H18F2N2O/c1-3-11-8-12(19(2)18-11)9-13(20)6-10-4-5-14(16)15(17)7-10/h4-5,7-8,13,20H,3,6,9H2,1-2H3. The number of benzene rings is 1. The van der Waals surface area contributed by atoms with E-state index >= 15 is 0 Å². The van der Waals surface area contributed by atoms with Gasteiger partial charge in [-0.3, -0.25) is 4.68 Å². The van der Waals surface area contributed by atoms with Crippen molar-refractivity contribution in [2.24, 2.45) is 7.05 Å². The fourth-order valence-electron chi connectivity index (χ4n) is 2.19. The van der Waals surface area contributed by atoms with Gasteiger partial charge in [-0.1, -0.05) is 13.0 Å². The molecule has 3 nitrogen and oxygen atoms in total. The summed E-state index contributed by atoms with van der Waals surface area (Å²) < 4.78 is 27.7. The summed E-state index contributed by atoms with van der Waals surface area (Å²) in [4.78, 5) is 0. The van der Waals surface area contributed by atoms with Gasteiger partial charge in [-0.2, -0.15) is 5.10 Å². The summed E-state index contributed by atoms with van der Waals surface area (Å²) >= 11 is 0. The van der Waals surface area contributed by atoms with Gasteiger partial charge < -0.3 is 5.11 Å². The lowest BCUT2D eigenvalue weighted by atomic mass is 10.0. The lowest BCUT2D eigenvalue weighted by Crippen LogP contribution is -2.16. The quantitative estimate of drug-likeness (QED) is 0.913. The van der Waals surface area contributed by atoms with Gasteiger partial charge >= 0.3 is 0 Å². The molecule has 1 heterocycles. The van der Waals surface area contributed by atoms with Gasteiger partial charge in [0, 0.05) is 19.2 Å². The fraction of sp³-hybridized carbons (Fsp3) is 0.400. The van der Waals surface area contributed by atoms with E-state index in [1.807, 2.05) is 20.0 Å². The zero-order valence-electron chi connectivity index (χ0n) is 11.6. The Balaban J connectivity index is 2.02. The van der Waals surface area contributed by atoms with Gasteiger partial charge in [0.2, 0.25) is 0 Å². The van der Waals surface area contributed by atoms with E-state index in [4.69, 9.17) is 0 Å². The summed E-state index contributed by atoms with van der Waals surface area (Å²) in [7, 11) is 1.83. The molecule has 1 unspecified atom stereocenters. The minimum absolute atomic E-state index is 0.282. The predicted octanol–water partition coefficient (Wildman–Crippen LogP) is 2.41. The highest BCUT2D eigenvalue weighted by Crippen LogP contribution is 2.13. The Hall–Kier alpha value is -1.75. The Bertz CT molecular complexity index is 596. The van der Waals surface area contributed by atoms with E-state index in [-0.39, 0.29) is 6.42 Å². The number of halogens is 2. The Morgan fingerprint density at radius 3 is 2.55 bits per heavy atom. The Kier molecular flexibility index (Phi) is 4.49. The van der Waals surface area contributed by atoms with Crippen LogP contribution in [0.1, 0.15) is 23.9 Å². The van der Waals surface area contributed by atoms with Crippen LogP contribution >= 0.6 is 0 Å². The van der Waals surface area contributed by atoms with Crippen molar-refractivity contribution in [3.05, 3.63) is 52.9 Å². The summed E-state index contributed by atoms with van der Waals surface area (Å²) in [5, 5.41) is 14.4. The molecule has 1 aromatic carbocycles. The van der Waals surface area contributed by atoms with E-state index in [1.165, 1.54) is 6.07 Å². The Labute approximate surface area is 116 Å². The predicted molar refractivity (Wildman–Crippen MR) is 72.4 cm³/mol. The molecule has 0 spiro atoms. The van der Waals surface area contributed by atoms with Crippen LogP contribution in [-0.4, -0.2) is 21.0 Å². The lowest BCUT2D eigenvalue weighted by Gasteiger charge is -2.11. The maximum absolute atomic E-state index is 13.1. The number of hydrogen-bond acceptors (Lipinski definition) is 2. The zero-order chi connectivity index (χ0) is 14.7. The van der Waals surface area contributed by atoms with Gasteiger partial charge in [-0.15, -0.1) is 0 Å².